The Balaban J connectivity index is 1.61. The van der Waals surface area contributed by atoms with E-state index in [0.717, 1.165) is 30.3 Å². The summed E-state index contributed by atoms with van der Waals surface area (Å²) in [6.45, 7) is 2.49. The maximum absolute atomic E-state index is 16.3. The van der Waals surface area contributed by atoms with E-state index in [1.807, 2.05) is 0 Å². The van der Waals surface area contributed by atoms with Gasteiger partial charge in [-0.2, -0.15) is 5.10 Å². The third-order valence-corrected chi connectivity index (χ3v) is 7.38. The van der Waals surface area contributed by atoms with Gasteiger partial charge in [0.05, 0.1) is 30.5 Å². The Hall–Kier alpha value is -4.16. The fourth-order valence-corrected chi connectivity index (χ4v) is 5.27. The number of ether oxygens (including phenoxy) is 2. The molecule has 0 radical (unpaired) electrons. The van der Waals surface area contributed by atoms with Gasteiger partial charge in [0.15, 0.2) is 0 Å². The number of methoxy groups -OCH3 is 1. The molecular weight excluding hydrogens is 573 g/mol. The predicted octanol–water partition coefficient (Wildman–Crippen LogP) is 5.94. The molecule has 1 aliphatic rings. The van der Waals surface area contributed by atoms with Crippen molar-refractivity contribution in [3.8, 4) is 16.9 Å². The van der Waals surface area contributed by atoms with Gasteiger partial charge >= 0.3 is 0 Å². The summed E-state index contributed by atoms with van der Waals surface area (Å²) in [7, 11) is 1.39. The predicted molar refractivity (Wildman–Crippen MR) is 147 cm³/mol. The van der Waals surface area contributed by atoms with Crippen LogP contribution in [0.3, 0.4) is 0 Å². The second-order valence-corrected chi connectivity index (χ2v) is 11.1. The van der Waals surface area contributed by atoms with Crippen LogP contribution >= 0.6 is 0 Å². The van der Waals surface area contributed by atoms with E-state index in [9.17, 15) is 23.1 Å². The number of fused-ring (bicyclic) bond motifs is 1. The van der Waals surface area contributed by atoms with E-state index in [4.69, 9.17) is 9.47 Å². The number of nitrogens with one attached hydrogen (secondary N) is 1. The zero-order chi connectivity index (χ0) is 31.3. The first-order chi connectivity index (χ1) is 20.1. The van der Waals surface area contributed by atoms with Gasteiger partial charge in [-0.1, -0.05) is 12.1 Å². The van der Waals surface area contributed by atoms with Crippen molar-refractivity contribution in [1.29, 1.82) is 0 Å². The summed E-state index contributed by atoms with van der Waals surface area (Å²) >= 11 is 0. The highest BCUT2D eigenvalue weighted by Gasteiger charge is 2.54. The molecule has 2 heterocycles. The van der Waals surface area contributed by atoms with Crippen molar-refractivity contribution < 1.29 is 41.3 Å². The highest BCUT2D eigenvalue weighted by Crippen LogP contribution is 2.47. The Labute approximate surface area is 243 Å². The summed E-state index contributed by atoms with van der Waals surface area (Å²) in [6, 6.07) is 9.79. The van der Waals surface area contributed by atoms with Crippen molar-refractivity contribution in [2.45, 2.75) is 44.3 Å². The van der Waals surface area contributed by atoms with E-state index in [1.165, 1.54) is 33.1 Å². The molecule has 2 N–H and O–H groups in total. The maximum atomic E-state index is 16.3. The third kappa shape index (κ3) is 5.76. The molecule has 1 fully saturated rings. The number of rotatable bonds is 7. The molecule has 0 saturated carbocycles. The number of halogens is 5. The van der Waals surface area contributed by atoms with Gasteiger partial charge in [0.1, 0.15) is 40.9 Å². The summed E-state index contributed by atoms with van der Waals surface area (Å²) < 4.78 is 86.1. The first kappa shape index (κ1) is 30.3. The lowest BCUT2D eigenvalue weighted by atomic mass is 9.82. The topological polar surface area (TPSA) is 93.6 Å². The molecule has 1 atom stereocenters. The van der Waals surface area contributed by atoms with Gasteiger partial charge in [0.25, 0.3) is 11.8 Å². The lowest BCUT2D eigenvalue weighted by Crippen LogP contribution is -2.42. The van der Waals surface area contributed by atoms with Gasteiger partial charge in [-0.05, 0) is 62.7 Å². The first-order valence-electron chi connectivity index (χ1n) is 13.3. The maximum Gasteiger partial charge on any atom is 0.274 e. The quantitative estimate of drug-likeness (QED) is 0.255. The Morgan fingerprint density at radius 1 is 1.07 bits per heavy atom. The van der Waals surface area contributed by atoms with E-state index in [2.05, 4.69) is 15.5 Å². The molecule has 0 bridgehead atoms. The number of aliphatic hydroxyl groups is 1. The number of aromatic nitrogens is 2. The highest BCUT2D eigenvalue weighted by molar-refractivity contribution is 5.99. The van der Waals surface area contributed by atoms with Crippen molar-refractivity contribution in [2.24, 2.45) is 0 Å². The van der Waals surface area contributed by atoms with Gasteiger partial charge < -0.3 is 19.9 Å². The molecule has 0 aliphatic carbocycles. The van der Waals surface area contributed by atoms with Crippen LogP contribution in [0.5, 0.6) is 5.75 Å². The summed E-state index contributed by atoms with van der Waals surface area (Å²) in [4.78, 5) is 13.3. The van der Waals surface area contributed by atoms with E-state index in [-0.39, 0.29) is 16.9 Å². The number of hydrogen-bond donors (Lipinski definition) is 2. The van der Waals surface area contributed by atoms with Crippen LogP contribution in [0.4, 0.5) is 22.0 Å². The number of aryl methyl sites for hydroxylation is 1. The lowest BCUT2D eigenvalue weighted by molar-refractivity contribution is -0.0264. The van der Waals surface area contributed by atoms with Crippen LogP contribution < -0.4 is 10.1 Å². The summed E-state index contributed by atoms with van der Waals surface area (Å²) in [6.07, 6.45) is -1.05. The molecule has 0 spiro atoms. The molecule has 226 valence electrons. The Bertz CT molecular complexity index is 1720. The minimum atomic E-state index is -3.42. The number of hydrogen-bond acceptors (Lipinski definition) is 6. The van der Waals surface area contributed by atoms with E-state index < -0.39 is 76.7 Å². The molecule has 7 nitrogen and oxygen atoms in total. The zero-order valence-electron chi connectivity index (χ0n) is 23.7. The summed E-state index contributed by atoms with van der Waals surface area (Å²) in [5.41, 5.74) is -4.60. The molecule has 43 heavy (non-hydrogen) atoms. The Kier molecular flexibility index (Phi) is 7.64. The molecule has 3 aromatic carbocycles. The third-order valence-electron chi connectivity index (χ3n) is 7.38. The van der Waals surface area contributed by atoms with Gasteiger partial charge in [-0.3, -0.25) is 4.79 Å². The average molecular weight is 602 g/mol. The van der Waals surface area contributed by atoms with Crippen LogP contribution in [0.25, 0.3) is 22.0 Å². The molecule has 12 heteroatoms. The number of carbonyl (C=O) groups is 1. The van der Waals surface area contributed by atoms with Crippen LogP contribution in [-0.4, -0.2) is 47.4 Å². The van der Waals surface area contributed by atoms with Crippen LogP contribution in [0.15, 0.2) is 48.5 Å². The number of benzene rings is 3. The smallest absolute Gasteiger partial charge is 0.274 e. The average Bonchev–Trinajstić information content (AvgIpc) is 3.26. The fraction of sp³-hybridized carbons (Fsp3) is 0.323. The molecular formula is C31H28F5N3O4. The minimum Gasteiger partial charge on any atom is -0.494 e. The second kappa shape index (κ2) is 10.8. The van der Waals surface area contributed by atoms with Crippen LogP contribution in [-0.2, 0) is 15.9 Å². The van der Waals surface area contributed by atoms with Gasteiger partial charge in [-0.15, -0.1) is 5.10 Å². The Morgan fingerprint density at radius 3 is 2.37 bits per heavy atom. The number of nitrogens with zero attached hydrogens (tertiary/aromatic N) is 2. The summed E-state index contributed by atoms with van der Waals surface area (Å²) in [5, 5.41) is 21.9. The van der Waals surface area contributed by atoms with Crippen LogP contribution in [0, 0.1) is 24.4 Å². The molecule has 1 saturated heterocycles. The van der Waals surface area contributed by atoms with E-state index in [1.54, 1.807) is 13.0 Å². The molecule has 1 aliphatic heterocycles. The standard InChI is InChI=1S/C31H28F5N3O4/c1-16-9-18-10-19(11-23(42-4)27(18)39-38-16)28(40)37-14-30(13-31(35,36)15-43-30)22-12-21(29(2,3)41)25(33)24(26(22)34)17-5-7-20(32)8-6-17/h5-12,41H,13-15H2,1-4H3,(H,37,40)/t30-/m1/s1. The fourth-order valence-electron chi connectivity index (χ4n) is 5.27. The normalized spacial score (nSPS) is 18.2. The van der Waals surface area contributed by atoms with Gasteiger partial charge in [0, 0.05) is 28.5 Å². The monoisotopic (exact) mass is 601 g/mol. The zero-order valence-corrected chi connectivity index (χ0v) is 23.7. The van der Waals surface area contributed by atoms with Crippen molar-refractivity contribution >= 4 is 16.8 Å². The molecule has 1 amide bonds. The highest BCUT2D eigenvalue weighted by atomic mass is 19.3. The second-order valence-electron chi connectivity index (χ2n) is 11.1. The first-order valence-corrected chi connectivity index (χ1v) is 13.3. The minimum absolute atomic E-state index is 0.0886. The van der Waals surface area contributed by atoms with Crippen molar-refractivity contribution in [3.63, 3.8) is 0 Å². The Morgan fingerprint density at radius 2 is 1.77 bits per heavy atom. The van der Waals surface area contributed by atoms with E-state index in [0.29, 0.717) is 16.6 Å². The van der Waals surface area contributed by atoms with Crippen LogP contribution in [0.1, 0.15) is 47.4 Å². The van der Waals surface area contributed by atoms with Gasteiger partial charge in [-0.25, -0.2) is 22.0 Å². The largest absolute Gasteiger partial charge is 0.494 e. The molecule has 4 aromatic rings. The van der Waals surface area contributed by atoms with Crippen molar-refractivity contribution in [2.75, 3.05) is 20.3 Å². The van der Waals surface area contributed by atoms with Gasteiger partial charge in [0.2, 0.25) is 0 Å². The molecule has 1 aromatic heterocycles. The molecule has 0 unspecified atom stereocenters. The SMILES string of the molecule is COc1cc(C(=O)NC[C@@]2(c3cc(C(C)(C)O)c(F)c(-c4ccc(F)cc4)c3F)CC(F)(F)CO2)cc2cc(C)nnc12. The number of carbonyl (C=O) groups excluding carboxylic acids is 1. The van der Waals surface area contributed by atoms with Crippen molar-refractivity contribution in [1.82, 2.24) is 15.5 Å². The van der Waals surface area contributed by atoms with E-state index >= 15 is 8.78 Å². The number of alkyl halides is 2. The summed E-state index contributed by atoms with van der Waals surface area (Å²) in [5.74, 6) is -6.93. The number of amides is 1. The lowest BCUT2D eigenvalue weighted by Gasteiger charge is -2.32. The van der Waals surface area contributed by atoms with Crippen LogP contribution in [0.2, 0.25) is 0 Å². The molecule has 5 rings (SSSR count). The van der Waals surface area contributed by atoms with Crippen molar-refractivity contribution in [3.05, 3.63) is 88.4 Å².